The fourth-order valence-corrected chi connectivity index (χ4v) is 2.67. The van der Waals surface area contributed by atoms with E-state index < -0.39 is 17.6 Å². The Kier molecular flexibility index (Phi) is 6.13. The minimum absolute atomic E-state index is 0.111. The van der Waals surface area contributed by atoms with Gasteiger partial charge in [-0.3, -0.25) is 4.79 Å². The number of nitrogens with zero attached hydrogens (tertiary/aromatic N) is 1. The minimum atomic E-state index is -4.49. The lowest BCUT2D eigenvalue weighted by Gasteiger charge is -2.25. The molecule has 1 N–H and O–H groups in total. The largest absolute Gasteiger partial charge is 0.496 e. The summed E-state index contributed by atoms with van der Waals surface area (Å²) in [7, 11) is 1.43. The molecule has 26 heavy (non-hydrogen) atoms. The number of rotatable bonds is 6. The molecule has 0 saturated heterocycles. The van der Waals surface area contributed by atoms with Gasteiger partial charge in [-0.1, -0.05) is 12.1 Å². The Bertz CT molecular complexity index is 772. The number of nitrogens with one attached hydrogen (secondary N) is 1. The monoisotopic (exact) mass is 366 g/mol. The molecule has 2 aromatic carbocycles. The van der Waals surface area contributed by atoms with Gasteiger partial charge in [-0.2, -0.15) is 13.2 Å². The third-order valence-corrected chi connectivity index (χ3v) is 4.03. The van der Waals surface area contributed by atoms with E-state index in [0.29, 0.717) is 24.5 Å². The second-order valence-electron chi connectivity index (χ2n) is 5.56. The Morgan fingerprint density at radius 3 is 2.35 bits per heavy atom. The van der Waals surface area contributed by atoms with Crippen LogP contribution in [0.3, 0.4) is 0 Å². The van der Waals surface area contributed by atoms with Crippen LogP contribution in [0, 0.1) is 0 Å². The third-order valence-electron chi connectivity index (χ3n) is 4.03. The summed E-state index contributed by atoms with van der Waals surface area (Å²) in [5.41, 5.74) is 0.0762. The van der Waals surface area contributed by atoms with Gasteiger partial charge in [0.1, 0.15) is 5.75 Å². The van der Waals surface area contributed by atoms with Gasteiger partial charge in [-0.15, -0.1) is 0 Å². The van der Waals surface area contributed by atoms with E-state index in [1.54, 1.807) is 24.3 Å². The molecular formula is C19H21F3N2O2. The number of benzene rings is 2. The molecule has 0 aliphatic carbocycles. The number of ether oxygens (including phenoxy) is 1. The first kappa shape index (κ1) is 19.6. The lowest BCUT2D eigenvalue weighted by molar-refractivity contribution is -0.137. The van der Waals surface area contributed by atoms with Crippen molar-refractivity contribution in [3.05, 3.63) is 53.6 Å². The molecule has 0 heterocycles. The van der Waals surface area contributed by atoms with Crippen molar-refractivity contribution < 1.29 is 22.7 Å². The summed E-state index contributed by atoms with van der Waals surface area (Å²) in [4.78, 5) is 14.5. The highest BCUT2D eigenvalue weighted by Gasteiger charge is 2.31. The van der Waals surface area contributed by atoms with Gasteiger partial charge >= 0.3 is 6.18 Å². The van der Waals surface area contributed by atoms with E-state index in [9.17, 15) is 18.0 Å². The van der Waals surface area contributed by atoms with Gasteiger partial charge in [-0.05, 0) is 44.2 Å². The SMILES string of the molecule is CCN(CC)c1ccc(C(F)(F)F)cc1NC(=O)c1ccccc1OC. The summed E-state index contributed by atoms with van der Waals surface area (Å²) in [6, 6.07) is 9.91. The van der Waals surface area contributed by atoms with E-state index >= 15 is 0 Å². The average molecular weight is 366 g/mol. The van der Waals surface area contributed by atoms with Crippen molar-refractivity contribution in [2.75, 3.05) is 30.4 Å². The molecule has 0 bridgehead atoms. The van der Waals surface area contributed by atoms with E-state index in [-0.39, 0.29) is 11.3 Å². The van der Waals surface area contributed by atoms with Crippen molar-refractivity contribution in [2.45, 2.75) is 20.0 Å². The lowest BCUT2D eigenvalue weighted by atomic mass is 10.1. The topological polar surface area (TPSA) is 41.6 Å². The molecule has 2 rings (SSSR count). The summed E-state index contributed by atoms with van der Waals surface area (Å²) in [6.45, 7) is 4.98. The molecule has 140 valence electrons. The standard InChI is InChI=1S/C19H21F3N2O2/c1-4-24(5-2)16-11-10-13(19(20,21)22)12-15(16)23-18(25)14-8-6-7-9-17(14)26-3/h6-12H,4-5H2,1-3H3,(H,23,25). The number of halogens is 3. The van der Waals surface area contributed by atoms with Crippen molar-refractivity contribution >= 4 is 17.3 Å². The summed E-state index contributed by atoms with van der Waals surface area (Å²) in [6.07, 6.45) is -4.49. The fraction of sp³-hybridized carbons (Fsp3) is 0.316. The highest BCUT2D eigenvalue weighted by Crippen LogP contribution is 2.36. The third kappa shape index (κ3) is 4.28. The first-order valence-electron chi connectivity index (χ1n) is 8.22. The minimum Gasteiger partial charge on any atom is -0.496 e. The number of carbonyl (C=O) groups is 1. The van der Waals surface area contributed by atoms with Gasteiger partial charge in [0, 0.05) is 13.1 Å². The zero-order valence-corrected chi connectivity index (χ0v) is 14.9. The first-order valence-corrected chi connectivity index (χ1v) is 8.22. The molecule has 0 atom stereocenters. The van der Waals surface area contributed by atoms with E-state index in [2.05, 4.69) is 5.32 Å². The Hall–Kier alpha value is -2.70. The van der Waals surface area contributed by atoms with E-state index in [4.69, 9.17) is 4.74 Å². The number of methoxy groups -OCH3 is 1. The van der Waals surface area contributed by atoms with Crippen molar-refractivity contribution in [3.8, 4) is 5.75 Å². The number of carbonyl (C=O) groups excluding carboxylic acids is 1. The molecule has 4 nitrogen and oxygen atoms in total. The van der Waals surface area contributed by atoms with Crippen molar-refractivity contribution in [1.82, 2.24) is 0 Å². The van der Waals surface area contributed by atoms with Crippen molar-refractivity contribution in [2.24, 2.45) is 0 Å². The van der Waals surface area contributed by atoms with Gasteiger partial charge < -0.3 is 15.0 Å². The van der Waals surface area contributed by atoms with Gasteiger partial charge in [0.25, 0.3) is 5.91 Å². The van der Waals surface area contributed by atoms with Gasteiger partial charge in [0.2, 0.25) is 0 Å². The molecule has 0 aliphatic heterocycles. The summed E-state index contributed by atoms with van der Waals surface area (Å²) >= 11 is 0. The molecule has 0 aliphatic rings. The quantitative estimate of drug-likeness (QED) is 0.797. The van der Waals surface area contributed by atoms with Crippen molar-refractivity contribution in [3.63, 3.8) is 0 Å². The van der Waals surface area contributed by atoms with E-state index in [1.807, 2.05) is 18.7 Å². The number of hydrogen-bond acceptors (Lipinski definition) is 3. The van der Waals surface area contributed by atoms with Crippen molar-refractivity contribution in [1.29, 1.82) is 0 Å². The van der Waals surface area contributed by atoms with Crippen LogP contribution < -0.4 is 15.0 Å². The molecule has 0 spiro atoms. The molecule has 0 unspecified atom stereocenters. The second kappa shape index (κ2) is 8.12. The van der Waals surface area contributed by atoms with Gasteiger partial charge in [0.15, 0.2) is 0 Å². The molecule has 7 heteroatoms. The van der Waals surface area contributed by atoms with Crippen LogP contribution in [-0.2, 0) is 6.18 Å². The smallest absolute Gasteiger partial charge is 0.416 e. The average Bonchev–Trinajstić information content (AvgIpc) is 2.62. The summed E-state index contributed by atoms with van der Waals surface area (Å²) in [5.74, 6) is -0.184. The lowest BCUT2D eigenvalue weighted by Crippen LogP contribution is -2.24. The van der Waals surface area contributed by atoms with Gasteiger partial charge in [0.05, 0.1) is 29.6 Å². The predicted molar refractivity (Wildman–Crippen MR) is 96.0 cm³/mol. The van der Waals surface area contributed by atoms with Crippen LogP contribution in [-0.4, -0.2) is 26.1 Å². The van der Waals surface area contributed by atoms with Crippen LogP contribution in [0.1, 0.15) is 29.8 Å². The predicted octanol–water partition coefficient (Wildman–Crippen LogP) is 4.81. The number of alkyl halides is 3. The van der Waals surface area contributed by atoms with Crippen LogP contribution in [0.15, 0.2) is 42.5 Å². The number of hydrogen-bond donors (Lipinski definition) is 1. The molecule has 2 aromatic rings. The van der Waals surface area contributed by atoms with Crippen LogP contribution >= 0.6 is 0 Å². The molecule has 0 fully saturated rings. The maximum Gasteiger partial charge on any atom is 0.416 e. The number of amides is 1. The van der Waals surface area contributed by atoms with E-state index in [1.165, 1.54) is 13.2 Å². The van der Waals surface area contributed by atoms with Crippen LogP contribution in [0.5, 0.6) is 5.75 Å². The Balaban J connectivity index is 2.46. The fourth-order valence-electron chi connectivity index (χ4n) is 2.67. The Morgan fingerprint density at radius 1 is 1.12 bits per heavy atom. The van der Waals surface area contributed by atoms with Crippen LogP contribution in [0.2, 0.25) is 0 Å². The zero-order chi connectivity index (χ0) is 19.3. The second-order valence-corrected chi connectivity index (χ2v) is 5.56. The Labute approximate surface area is 150 Å². The molecule has 0 saturated carbocycles. The normalized spacial score (nSPS) is 11.2. The summed E-state index contributed by atoms with van der Waals surface area (Å²) < 4.78 is 44.4. The zero-order valence-electron chi connectivity index (χ0n) is 14.9. The van der Waals surface area contributed by atoms with E-state index in [0.717, 1.165) is 12.1 Å². The van der Waals surface area contributed by atoms with Gasteiger partial charge in [-0.25, -0.2) is 0 Å². The first-order chi connectivity index (χ1) is 12.3. The Morgan fingerprint density at radius 2 is 1.77 bits per heavy atom. The molecule has 0 aromatic heterocycles. The maximum atomic E-state index is 13.1. The molecule has 0 radical (unpaired) electrons. The van der Waals surface area contributed by atoms with Crippen LogP contribution in [0.4, 0.5) is 24.5 Å². The summed E-state index contributed by atoms with van der Waals surface area (Å²) in [5, 5.41) is 2.60. The highest BCUT2D eigenvalue weighted by molar-refractivity contribution is 6.07. The van der Waals surface area contributed by atoms with Crippen LogP contribution in [0.25, 0.3) is 0 Å². The number of para-hydroxylation sites is 1. The maximum absolute atomic E-state index is 13.1. The molecule has 1 amide bonds. The molecular weight excluding hydrogens is 345 g/mol. The highest BCUT2D eigenvalue weighted by atomic mass is 19.4. The number of anilines is 2.